The molecule has 0 spiro atoms. The molecule has 2 heteroatoms. The first-order valence-corrected chi connectivity index (χ1v) is 6.31. The smallest absolute Gasteiger partial charge is 0.0984 e. The molecule has 0 unspecified atom stereocenters. The Balaban J connectivity index is 2.66. The maximum absolute atomic E-state index is 5.11. The molecule has 0 bridgehead atoms. The van der Waals surface area contributed by atoms with Crippen LogP contribution in [0.5, 0.6) is 0 Å². The molecular formula is C15H25NO. The Morgan fingerprint density at radius 2 is 2.00 bits per heavy atom. The quantitative estimate of drug-likeness (QED) is 0.702. The summed E-state index contributed by atoms with van der Waals surface area (Å²) < 4.78 is 5.11. The molecule has 0 atom stereocenters. The lowest BCUT2D eigenvalue weighted by Gasteiger charge is -2.17. The molecule has 0 saturated carbocycles. The summed E-state index contributed by atoms with van der Waals surface area (Å²) in [5, 5.41) is 0. The summed E-state index contributed by atoms with van der Waals surface area (Å²) in [4.78, 5) is 2.20. The zero-order valence-corrected chi connectivity index (χ0v) is 11.8. The van der Waals surface area contributed by atoms with Crippen molar-refractivity contribution in [2.75, 3.05) is 27.4 Å². The Kier molecular flexibility index (Phi) is 5.66. The van der Waals surface area contributed by atoms with Crippen molar-refractivity contribution >= 4 is 0 Å². The van der Waals surface area contributed by atoms with E-state index in [1.807, 2.05) is 0 Å². The molecule has 0 fully saturated rings. The van der Waals surface area contributed by atoms with Gasteiger partial charge >= 0.3 is 0 Å². The van der Waals surface area contributed by atoms with Crippen LogP contribution in [0.1, 0.15) is 36.5 Å². The van der Waals surface area contributed by atoms with Crippen LogP contribution in [0.25, 0.3) is 0 Å². The van der Waals surface area contributed by atoms with Gasteiger partial charge < -0.3 is 4.74 Å². The Labute approximate surface area is 106 Å². The van der Waals surface area contributed by atoms with E-state index in [0.29, 0.717) is 12.6 Å². The summed E-state index contributed by atoms with van der Waals surface area (Å²) in [6.45, 7) is 8.41. The molecule has 0 heterocycles. The summed E-state index contributed by atoms with van der Waals surface area (Å²) in [5.74, 6) is 0.603. The van der Waals surface area contributed by atoms with Crippen molar-refractivity contribution in [2.24, 2.45) is 0 Å². The van der Waals surface area contributed by atoms with Crippen LogP contribution in [0, 0.1) is 6.92 Å². The molecule has 0 aliphatic carbocycles. The summed E-state index contributed by atoms with van der Waals surface area (Å²) in [5.41, 5.74) is 4.28. The van der Waals surface area contributed by atoms with Crippen LogP contribution in [-0.2, 0) is 11.2 Å². The minimum absolute atomic E-state index is 0.603. The topological polar surface area (TPSA) is 12.5 Å². The maximum atomic E-state index is 5.11. The Morgan fingerprint density at radius 3 is 2.59 bits per heavy atom. The highest BCUT2D eigenvalue weighted by Crippen LogP contribution is 2.19. The van der Waals surface area contributed by atoms with E-state index in [0.717, 1.165) is 13.0 Å². The van der Waals surface area contributed by atoms with Gasteiger partial charge in [0, 0.05) is 13.7 Å². The van der Waals surface area contributed by atoms with Gasteiger partial charge in [-0.3, -0.25) is 4.90 Å². The fraction of sp³-hybridized carbons (Fsp3) is 0.600. The van der Waals surface area contributed by atoms with Crippen molar-refractivity contribution in [3.8, 4) is 0 Å². The number of rotatable bonds is 6. The van der Waals surface area contributed by atoms with Crippen molar-refractivity contribution < 1.29 is 4.74 Å². The highest BCUT2D eigenvalue weighted by Gasteiger charge is 2.05. The zero-order chi connectivity index (χ0) is 12.8. The second kappa shape index (κ2) is 6.77. The molecule has 0 aliphatic heterocycles. The third-order valence-corrected chi connectivity index (χ3v) is 3.15. The van der Waals surface area contributed by atoms with E-state index >= 15 is 0 Å². The molecule has 2 nitrogen and oxygen atoms in total. The molecule has 0 aromatic heterocycles. The number of aryl methyl sites for hydroxylation is 1. The van der Waals surface area contributed by atoms with Crippen molar-refractivity contribution in [3.63, 3.8) is 0 Å². The van der Waals surface area contributed by atoms with E-state index in [2.05, 4.69) is 50.9 Å². The monoisotopic (exact) mass is 235 g/mol. The molecule has 17 heavy (non-hydrogen) atoms. The van der Waals surface area contributed by atoms with Gasteiger partial charge in [0.2, 0.25) is 0 Å². The average Bonchev–Trinajstić information content (AvgIpc) is 2.28. The average molecular weight is 235 g/mol. The van der Waals surface area contributed by atoms with Crippen molar-refractivity contribution in [1.82, 2.24) is 4.90 Å². The van der Waals surface area contributed by atoms with Crippen LogP contribution in [0.4, 0.5) is 0 Å². The standard InChI is InChI=1S/C15H25NO/c1-12(2)14-7-6-13(3)15(10-14)8-9-16(4)11-17-5/h6-7,10,12H,8-9,11H2,1-5H3. The van der Waals surface area contributed by atoms with E-state index in [9.17, 15) is 0 Å². The molecule has 0 saturated heterocycles. The minimum atomic E-state index is 0.603. The molecule has 0 radical (unpaired) electrons. The Morgan fingerprint density at radius 1 is 1.29 bits per heavy atom. The van der Waals surface area contributed by atoms with Gasteiger partial charge in [-0.05, 0) is 43.0 Å². The molecule has 0 N–H and O–H groups in total. The number of ether oxygens (including phenoxy) is 1. The van der Waals surface area contributed by atoms with E-state index in [1.165, 1.54) is 16.7 Å². The predicted octanol–water partition coefficient (Wildman–Crippen LogP) is 3.20. The van der Waals surface area contributed by atoms with Crippen molar-refractivity contribution in [3.05, 3.63) is 34.9 Å². The molecule has 1 aromatic rings. The lowest BCUT2D eigenvalue weighted by atomic mass is 9.96. The summed E-state index contributed by atoms with van der Waals surface area (Å²) in [7, 11) is 3.83. The molecule has 0 amide bonds. The third kappa shape index (κ3) is 4.49. The van der Waals surface area contributed by atoms with Crippen LogP contribution in [0.2, 0.25) is 0 Å². The van der Waals surface area contributed by atoms with Crippen molar-refractivity contribution in [2.45, 2.75) is 33.1 Å². The second-order valence-electron chi connectivity index (χ2n) is 5.09. The van der Waals surface area contributed by atoms with Gasteiger partial charge in [0.05, 0.1) is 6.73 Å². The SMILES string of the molecule is COCN(C)CCc1cc(C(C)C)ccc1C. The van der Waals surface area contributed by atoms with Crippen LogP contribution >= 0.6 is 0 Å². The number of likely N-dealkylation sites (N-methyl/N-ethyl adjacent to an activating group) is 1. The summed E-state index contributed by atoms with van der Waals surface area (Å²) in [6, 6.07) is 6.82. The Hall–Kier alpha value is -0.860. The van der Waals surface area contributed by atoms with Gasteiger partial charge in [-0.1, -0.05) is 32.0 Å². The van der Waals surface area contributed by atoms with Crippen LogP contribution in [-0.4, -0.2) is 32.3 Å². The number of benzene rings is 1. The normalized spacial score (nSPS) is 11.5. The molecule has 1 aromatic carbocycles. The van der Waals surface area contributed by atoms with Crippen LogP contribution in [0.3, 0.4) is 0 Å². The van der Waals surface area contributed by atoms with Gasteiger partial charge in [0.15, 0.2) is 0 Å². The number of hydrogen-bond donors (Lipinski definition) is 0. The van der Waals surface area contributed by atoms with Gasteiger partial charge in [0.1, 0.15) is 0 Å². The molecule has 96 valence electrons. The Bertz CT molecular complexity index is 347. The number of methoxy groups -OCH3 is 1. The largest absolute Gasteiger partial charge is 0.369 e. The second-order valence-corrected chi connectivity index (χ2v) is 5.09. The first kappa shape index (κ1) is 14.2. The third-order valence-electron chi connectivity index (χ3n) is 3.15. The van der Waals surface area contributed by atoms with Gasteiger partial charge in [0.25, 0.3) is 0 Å². The minimum Gasteiger partial charge on any atom is -0.369 e. The fourth-order valence-electron chi connectivity index (χ4n) is 1.92. The van der Waals surface area contributed by atoms with Crippen LogP contribution < -0.4 is 0 Å². The summed E-state index contributed by atoms with van der Waals surface area (Å²) in [6.07, 6.45) is 1.09. The first-order chi connectivity index (χ1) is 8.04. The van der Waals surface area contributed by atoms with Crippen molar-refractivity contribution in [1.29, 1.82) is 0 Å². The lowest BCUT2D eigenvalue weighted by molar-refractivity contribution is 0.0827. The first-order valence-electron chi connectivity index (χ1n) is 6.31. The number of nitrogens with zero attached hydrogens (tertiary/aromatic N) is 1. The highest BCUT2D eigenvalue weighted by atomic mass is 16.5. The zero-order valence-electron chi connectivity index (χ0n) is 11.8. The van der Waals surface area contributed by atoms with Gasteiger partial charge in [-0.2, -0.15) is 0 Å². The lowest BCUT2D eigenvalue weighted by Crippen LogP contribution is -2.23. The van der Waals surface area contributed by atoms with E-state index < -0.39 is 0 Å². The molecular weight excluding hydrogens is 210 g/mol. The highest BCUT2D eigenvalue weighted by molar-refractivity contribution is 5.32. The van der Waals surface area contributed by atoms with E-state index in [-0.39, 0.29) is 0 Å². The van der Waals surface area contributed by atoms with Crippen LogP contribution in [0.15, 0.2) is 18.2 Å². The molecule has 0 aliphatic rings. The van der Waals surface area contributed by atoms with E-state index in [4.69, 9.17) is 4.74 Å². The van der Waals surface area contributed by atoms with Gasteiger partial charge in [-0.15, -0.1) is 0 Å². The summed E-state index contributed by atoms with van der Waals surface area (Å²) >= 11 is 0. The predicted molar refractivity (Wildman–Crippen MR) is 73.5 cm³/mol. The maximum Gasteiger partial charge on any atom is 0.0984 e. The molecule has 1 rings (SSSR count). The number of hydrogen-bond acceptors (Lipinski definition) is 2. The van der Waals surface area contributed by atoms with E-state index in [1.54, 1.807) is 7.11 Å². The van der Waals surface area contributed by atoms with Gasteiger partial charge in [-0.25, -0.2) is 0 Å². The fourth-order valence-corrected chi connectivity index (χ4v) is 1.92.